The van der Waals surface area contributed by atoms with Gasteiger partial charge in [0.2, 0.25) is 0 Å². The predicted octanol–water partition coefficient (Wildman–Crippen LogP) is 2.73. The molecule has 1 aromatic heterocycles. The molecule has 0 saturated carbocycles. The summed E-state index contributed by atoms with van der Waals surface area (Å²) in [4.78, 5) is 25.1. The molecule has 1 aromatic carbocycles. The van der Waals surface area contributed by atoms with E-state index in [0.29, 0.717) is 22.1 Å². The summed E-state index contributed by atoms with van der Waals surface area (Å²) in [5.41, 5.74) is 1.68. The Balaban J connectivity index is 1.88. The highest BCUT2D eigenvalue weighted by molar-refractivity contribution is 8.26. The van der Waals surface area contributed by atoms with Crippen molar-refractivity contribution in [2.75, 3.05) is 6.54 Å². The van der Waals surface area contributed by atoms with Crippen LogP contribution in [0.5, 0.6) is 0 Å². The van der Waals surface area contributed by atoms with E-state index in [1.54, 1.807) is 0 Å². The van der Waals surface area contributed by atoms with E-state index >= 15 is 0 Å². The number of para-hydroxylation sites is 1. The maximum Gasteiger partial charge on any atom is 0.266 e. The van der Waals surface area contributed by atoms with Crippen LogP contribution in [0.25, 0.3) is 17.0 Å². The highest BCUT2D eigenvalue weighted by Crippen LogP contribution is 2.36. The molecule has 1 aliphatic rings. The monoisotopic (exact) mass is 374 g/mol. The lowest BCUT2D eigenvalue weighted by Crippen LogP contribution is -2.30. The maximum atomic E-state index is 12.6. The van der Waals surface area contributed by atoms with Crippen molar-refractivity contribution in [3.8, 4) is 0 Å². The lowest BCUT2D eigenvalue weighted by Gasteiger charge is -2.14. The second kappa shape index (κ2) is 7.41. The normalized spacial score (nSPS) is 16.4. The average molecular weight is 374 g/mol. The second-order valence-corrected chi connectivity index (χ2v) is 7.27. The van der Waals surface area contributed by atoms with Crippen LogP contribution in [0.4, 0.5) is 0 Å². The summed E-state index contributed by atoms with van der Waals surface area (Å²) in [6.45, 7) is 2.28. The molecule has 1 fully saturated rings. The first-order chi connectivity index (χ1) is 12.0. The zero-order chi connectivity index (χ0) is 18.0. The van der Waals surface area contributed by atoms with Gasteiger partial charge in [0.25, 0.3) is 5.91 Å². The van der Waals surface area contributed by atoms with E-state index in [1.807, 2.05) is 37.3 Å². The van der Waals surface area contributed by atoms with E-state index in [9.17, 15) is 14.7 Å². The maximum absolute atomic E-state index is 12.6. The molecule has 1 aliphatic heterocycles. The number of amides is 1. The van der Waals surface area contributed by atoms with E-state index < -0.39 is 5.97 Å². The lowest BCUT2D eigenvalue weighted by molar-refractivity contribution is -0.305. The molecular formula is C18H16NO4S2-. The average Bonchev–Trinajstić information content (AvgIpc) is 3.07. The number of aliphatic carboxylic acids is 1. The Kier molecular flexibility index (Phi) is 5.24. The molecule has 130 valence electrons. The Morgan fingerprint density at radius 3 is 2.88 bits per heavy atom. The minimum absolute atomic E-state index is 0.0948. The van der Waals surface area contributed by atoms with E-state index in [4.69, 9.17) is 16.6 Å². The third kappa shape index (κ3) is 3.62. The molecule has 0 aliphatic carbocycles. The Labute approximate surface area is 154 Å². The van der Waals surface area contributed by atoms with E-state index in [0.717, 1.165) is 22.3 Å². The van der Waals surface area contributed by atoms with Crippen molar-refractivity contribution in [3.63, 3.8) is 0 Å². The van der Waals surface area contributed by atoms with Crippen molar-refractivity contribution in [3.05, 3.63) is 40.5 Å². The van der Waals surface area contributed by atoms with Gasteiger partial charge in [-0.1, -0.05) is 49.1 Å². The Bertz CT molecular complexity index is 884. The van der Waals surface area contributed by atoms with E-state index in [1.165, 1.54) is 16.7 Å². The fraction of sp³-hybridized carbons (Fsp3) is 0.278. The fourth-order valence-corrected chi connectivity index (χ4v) is 4.03. The van der Waals surface area contributed by atoms with Gasteiger partial charge >= 0.3 is 0 Å². The number of hydrogen-bond acceptors (Lipinski definition) is 6. The van der Waals surface area contributed by atoms with Gasteiger partial charge < -0.3 is 14.3 Å². The number of fused-ring (bicyclic) bond motifs is 1. The summed E-state index contributed by atoms with van der Waals surface area (Å²) in [6, 6.07) is 7.70. The van der Waals surface area contributed by atoms with E-state index in [2.05, 4.69) is 0 Å². The fourth-order valence-electron chi connectivity index (χ4n) is 2.74. The quantitative estimate of drug-likeness (QED) is 0.572. The summed E-state index contributed by atoms with van der Waals surface area (Å²) >= 11 is 6.50. The SMILES string of the molecule is CCc1oc2ccccc2c1/C=C1\SC(=S)N(CCCC(=O)[O-])C1=O. The zero-order valence-corrected chi connectivity index (χ0v) is 15.2. The summed E-state index contributed by atoms with van der Waals surface area (Å²) in [7, 11) is 0. The molecule has 0 atom stereocenters. The van der Waals surface area contributed by atoms with Gasteiger partial charge in [0.1, 0.15) is 15.7 Å². The Morgan fingerprint density at radius 2 is 2.16 bits per heavy atom. The molecule has 0 radical (unpaired) electrons. The molecular weight excluding hydrogens is 358 g/mol. The minimum Gasteiger partial charge on any atom is -0.550 e. The third-order valence-corrected chi connectivity index (χ3v) is 5.32. The summed E-state index contributed by atoms with van der Waals surface area (Å²) in [6.07, 6.45) is 2.76. The summed E-state index contributed by atoms with van der Waals surface area (Å²) in [5.74, 6) is -0.498. The van der Waals surface area contributed by atoms with Gasteiger partial charge in [-0.25, -0.2) is 0 Å². The van der Waals surface area contributed by atoms with Crippen LogP contribution >= 0.6 is 24.0 Å². The van der Waals surface area contributed by atoms with Crippen molar-refractivity contribution >= 4 is 57.2 Å². The first kappa shape index (κ1) is 17.7. The molecule has 0 unspecified atom stereocenters. The smallest absolute Gasteiger partial charge is 0.266 e. The molecule has 1 saturated heterocycles. The van der Waals surface area contributed by atoms with Gasteiger partial charge in [0.05, 0.1) is 4.91 Å². The van der Waals surface area contributed by atoms with Crippen LogP contribution in [0.15, 0.2) is 33.6 Å². The Hall–Kier alpha value is -2.12. The number of carbonyl (C=O) groups is 2. The number of rotatable bonds is 6. The van der Waals surface area contributed by atoms with Crippen LogP contribution in [-0.4, -0.2) is 27.6 Å². The number of thioether (sulfide) groups is 1. The topological polar surface area (TPSA) is 73.6 Å². The van der Waals surface area contributed by atoms with Crippen LogP contribution in [0.3, 0.4) is 0 Å². The standard InChI is InChI=1S/C18H17NO4S2/c1-2-13-12(11-6-3-4-7-14(11)23-13)10-15-17(22)19(18(24)25-15)9-5-8-16(20)21/h3-4,6-7,10H,2,5,8-9H2,1H3,(H,20,21)/p-1/b15-10-. The van der Waals surface area contributed by atoms with Crippen LogP contribution in [0, 0.1) is 0 Å². The van der Waals surface area contributed by atoms with Gasteiger partial charge in [0, 0.05) is 29.9 Å². The number of thiocarbonyl (C=S) groups is 1. The number of nitrogens with zero attached hydrogens (tertiary/aromatic N) is 1. The third-order valence-electron chi connectivity index (χ3n) is 3.94. The van der Waals surface area contributed by atoms with Crippen molar-refractivity contribution in [2.24, 2.45) is 0 Å². The second-order valence-electron chi connectivity index (χ2n) is 5.60. The molecule has 1 amide bonds. The van der Waals surface area contributed by atoms with Crippen LogP contribution in [0.1, 0.15) is 31.1 Å². The van der Waals surface area contributed by atoms with Crippen molar-refractivity contribution in [1.82, 2.24) is 4.90 Å². The number of aryl methyl sites for hydroxylation is 1. The van der Waals surface area contributed by atoms with Crippen molar-refractivity contribution in [1.29, 1.82) is 0 Å². The van der Waals surface area contributed by atoms with Gasteiger partial charge in [-0.05, 0) is 25.0 Å². The minimum atomic E-state index is -1.13. The highest BCUT2D eigenvalue weighted by Gasteiger charge is 2.32. The molecule has 5 nitrogen and oxygen atoms in total. The lowest BCUT2D eigenvalue weighted by atomic mass is 10.1. The number of benzene rings is 1. The molecule has 7 heteroatoms. The largest absolute Gasteiger partial charge is 0.550 e. The highest BCUT2D eigenvalue weighted by atomic mass is 32.2. The number of hydrogen-bond donors (Lipinski definition) is 0. The first-order valence-electron chi connectivity index (χ1n) is 7.97. The number of carbonyl (C=O) groups excluding carboxylic acids is 2. The predicted molar refractivity (Wildman–Crippen MR) is 99.7 cm³/mol. The van der Waals surface area contributed by atoms with Gasteiger partial charge in [-0.3, -0.25) is 9.69 Å². The molecule has 2 aromatic rings. The Morgan fingerprint density at radius 1 is 1.40 bits per heavy atom. The number of furan rings is 1. The van der Waals surface area contributed by atoms with Crippen LogP contribution < -0.4 is 5.11 Å². The first-order valence-corrected chi connectivity index (χ1v) is 9.19. The summed E-state index contributed by atoms with van der Waals surface area (Å²) in [5, 5.41) is 11.5. The molecule has 0 bridgehead atoms. The molecule has 2 heterocycles. The van der Waals surface area contributed by atoms with Crippen LogP contribution in [-0.2, 0) is 16.0 Å². The van der Waals surface area contributed by atoms with Crippen molar-refractivity contribution in [2.45, 2.75) is 26.2 Å². The van der Waals surface area contributed by atoms with Gasteiger partial charge in [-0.2, -0.15) is 0 Å². The number of carboxylic acids is 1. The summed E-state index contributed by atoms with van der Waals surface area (Å²) < 4.78 is 6.30. The van der Waals surface area contributed by atoms with Crippen LogP contribution in [0.2, 0.25) is 0 Å². The molecule has 3 rings (SSSR count). The zero-order valence-electron chi connectivity index (χ0n) is 13.6. The van der Waals surface area contributed by atoms with Crippen molar-refractivity contribution < 1.29 is 19.1 Å². The molecule has 0 spiro atoms. The van der Waals surface area contributed by atoms with Gasteiger partial charge in [-0.15, -0.1) is 0 Å². The molecule has 25 heavy (non-hydrogen) atoms. The van der Waals surface area contributed by atoms with Gasteiger partial charge in [0.15, 0.2) is 0 Å². The number of carboxylic acid groups (broad SMARTS) is 1. The van der Waals surface area contributed by atoms with E-state index in [-0.39, 0.29) is 18.9 Å². The molecule has 0 N–H and O–H groups in total.